The van der Waals surface area contributed by atoms with E-state index >= 15 is 0 Å². The van der Waals surface area contributed by atoms with E-state index in [2.05, 4.69) is 25.0 Å². The summed E-state index contributed by atoms with van der Waals surface area (Å²) in [4.78, 5) is 43.5. The molecule has 3 aromatic rings. The first-order chi connectivity index (χ1) is 17.6. The molecule has 37 heavy (non-hydrogen) atoms. The number of halogens is 1. The van der Waals surface area contributed by atoms with Crippen LogP contribution < -0.4 is 5.32 Å². The molecule has 0 spiro atoms. The van der Waals surface area contributed by atoms with Gasteiger partial charge in [-0.05, 0) is 24.1 Å². The molecule has 2 aromatic heterocycles. The van der Waals surface area contributed by atoms with Gasteiger partial charge in [0.25, 0.3) is 5.85 Å². The van der Waals surface area contributed by atoms with Gasteiger partial charge in [0, 0.05) is 6.54 Å². The highest BCUT2D eigenvalue weighted by atomic mass is 35.5. The first kappa shape index (κ1) is 27.4. The summed E-state index contributed by atoms with van der Waals surface area (Å²) in [6.07, 6.45) is -4.18. The standard InChI is InChI=1S/C21H25ClN5O9P/c1-2-34-19(30)20(37(31,32)33)35-9-12-14(28)15(29)18(36-12)27-10-24-13-16(25-21(22)26-17(13)27)23-8-11-6-4-3-5-7-11/h3-7,10,12,14-15,18,20,28-29H,2,8-9H2,1H3,(H,23,25,26)(H2,31,32,33). The van der Waals surface area contributed by atoms with Crippen molar-refractivity contribution < 1.29 is 43.6 Å². The van der Waals surface area contributed by atoms with Crippen molar-refractivity contribution in [2.24, 2.45) is 0 Å². The maximum Gasteiger partial charge on any atom is 0.365 e. The molecule has 1 aliphatic rings. The predicted molar refractivity (Wildman–Crippen MR) is 128 cm³/mol. The van der Waals surface area contributed by atoms with Crippen LogP contribution in [0.4, 0.5) is 5.82 Å². The average Bonchev–Trinajstić information content (AvgIpc) is 3.38. The fourth-order valence-corrected chi connectivity index (χ4v) is 4.57. The van der Waals surface area contributed by atoms with Crippen LogP contribution in [0.5, 0.6) is 0 Å². The highest BCUT2D eigenvalue weighted by Crippen LogP contribution is 2.43. The first-order valence-corrected chi connectivity index (χ1v) is 13.2. The normalized spacial score (nSPS) is 22.8. The van der Waals surface area contributed by atoms with Gasteiger partial charge in [-0.15, -0.1) is 0 Å². The average molecular weight is 558 g/mol. The molecule has 5 N–H and O–H groups in total. The number of carbonyl (C=O) groups excluding carboxylic acids is 1. The van der Waals surface area contributed by atoms with Crippen molar-refractivity contribution in [1.82, 2.24) is 19.5 Å². The molecule has 14 nitrogen and oxygen atoms in total. The smallest absolute Gasteiger partial charge is 0.365 e. The van der Waals surface area contributed by atoms with Crippen LogP contribution in [-0.4, -0.2) is 82.9 Å². The van der Waals surface area contributed by atoms with E-state index in [1.54, 1.807) is 0 Å². The molecule has 1 aromatic carbocycles. The quantitative estimate of drug-likeness (QED) is 0.133. The molecular formula is C21H25ClN5O9P. The maximum absolute atomic E-state index is 11.9. The highest BCUT2D eigenvalue weighted by molar-refractivity contribution is 7.53. The van der Waals surface area contributed by atoms with Crippen molar-refractivity contribution in [2.45, 2.75) is 43.9 Å². The molecule has 5 atom stereocenters. The molecule has 1 saturated heterocycles. The van der Waals surface area contributed by atoms with Crippen LogP contribution in [0.2, 0.25) is 5.28 Å². The van der Waals surface area contributed by atoms with Crippen LogP contribution in [0.15, 0.2) is 36.7 Å². The van der Waals surface area contributed by atoms with Crippen molar-refractivity contribution >= 4 is 42.1 Å². The second kappa shape index (κ2) is 11.4. The second-order valence-electron chi connectivity index (χ2n) is 8.08. The number of anilines is 1. The van der Waals surface area contributed by atoms with E-state index in [0.29, 0.717) is 17.9 Å². The summed E-state index contributed by atoms with van der Waals surface area (Å²) >= 11 is 6.12. The summed E-state index contributed by atoms with van der Waals surface area (Å²) < 4.78 is 28.4. The van der Waals surface area contributed by atoms with E-state index in [0.717, 1.165) is 5.56 Å². The number of rotatable bonds is 10. The molecule has 0 radical (unpaired) electrons. The Kier molecular flexibility index (Phi) is 8.41. The number of nitrogens with zero attached hydrogens (tertiary/aromatic N) is 4. The number of nitrogens with one attached hydrogen (secondary N) is 1. The van der Waals surface area contributed by atoms with E-state index in [1.165, 1.54) is 17.8 Å². The number of fused-ring (bicyclic) bond motifs is 1. The van der Waals surface area contributed by atoms with E-state index in [-0.39, 0.29) is 17.5 Å². The molecule has 1 fully saturated rings. The van der Waals surface area contributed by atoms with Gasteiger partial charge < -0.3 is 39.5 Å². The zero-order chi connectivity index (χ0) is 26.7. The number of imidazole rings is 1. The second-order valence-corrected chi connectivity index (χ2v) is 10.1. The molecule has 0 bridgehead atoms. The van der Waals surface area contributed by atoms with E-state index in [1.807, 2.05) is 30.3 Å². The van der Waals surface area contributed by atoms with Gasteiger partial charge in [0.05, 0.1) is 19.5 Å². The van der Waals surface area contributed by atoms with Crippen LogP contribution in [0.1, 0.15) is 18.7 Å². The maximum atomic E-state index is 11.9. The largest absolute Gasteiger partial charge is 0.464 e. The lowest BCUT2D eigenvalue weighted by atomic mass is 10.1. The van der Waals surface area contributed by atoms with E-state index < -0.39 is 50.6 Å². The van der Waals surface area contributed by atoms with Crippen molar-refractivity contribution in [1.29, 1.82) is 0 Å². The summed E-state index contributed by atoms with van der Waals surface area (Å²) in [7, 11) is -5.04. The van der Waals surface area contributed by atoms with Gasteiger partial charge in [0.15, 0.2) is 23.2 Å². The number of esters is 1. The SMILES string of the molecule is CCOC(=O)C(OCC1OC(n2cnc3c(NCc4ccccc4)nc(Cl)nc32)C(O)C1O)P(=O)(O)O. The topological polar surface area (TPSA) is 198 Å². The fourth-order valence-electron chi connectivity index (χ4n) is 3.78. The molecular weight excluding hydrogens is 533 g/mol. The molecule has 3 heterocycles. The molecule has 4 rings (SSSR count). The van der Waals surface area contributed by atoms with Gasteiger partial charge in [-0.2, -0.15) is 9.97 Å². The summed E-state index contributed by atoms with van der Waals surface area (Å²) in [5.41, 5.74) is 1.52. The third kappa shape index (κ3) is 6.08. The number of aliphatic hydroxyl groups excluding tert-OH is 2. The van der Waals surface area contributed by atoms with Gasteiger partial charge in [-0.3, -0.25) is 9.13 Å². The third-order valence-corrected chi connectivity index (χ3v) is 6.66. The van der Waals surface area contributed by atoms with Crippen LogP contribution in [-0.2, 0) is 30.1 Å². The lowest BCUT2D eigenvalue weighted by Crippen LogP contribution is -2.36. The van der Waals surface area contributed by atoms with Gasteiger partial charge in [0.2, 0.25) is 5.28 Å². The number of benzene rings is 1. The first-order valence-electron chi connectivity index (χ1n) is 11.1. The van der Waals surface area contributed by atoms with Gasteiger partial charge in [0.1, 0.15) is 18.3 Å². The van der Waals surface area contributed by atoms with Gasteiger partial charge in [-0.1, -0.05) is 30.3 Å². The van der Waals surface area contributed by atoms with Crippen molar-refractivity contribution in [2.75, 3.05) is 18.5 Å². The molecule has 200 valence electrons. The Morgan fingerprint density at radius 2 is 1.97 bits per heavy atom. The zero-order valence-corrected chi connectivity index (χ0v) is 21.1. The summed E-state index contributed by atoms with van der Waals surface area (Å²) in [5.74, 6) is -3.13. The Bertz CT molecular complexity index is 1290. The summed E-state index contributed by atoms with van der Waals surface area (Å²) in [6, 6.07) is 9.54. The summed E-state index contributed by atoms with van der Waals surface area (Å²) in [5, 5.41) is 24.2. The molecule has 0 amide bonds. The Hall–Kier alpha value is -2.68. The van der Waals surface area contributed by atoms with Crippen molar-refractivity contribution in [3.8, 4) is 0 Å². The number of aromatic nitrogens is 4. The van der Waals surface area contributed by atoms with Crippen LogP contribution in [0.25, 0.3) is 11.2 Å². The Morgan fingerprint density at radius 3 is 2.65 bits per heavy atom. The van der Waals surface area contributed by atoms with E-state index in [4.69, 9.17) is 21.1 Å². The summed E-state index contributed by atoms with van der Waals surface area (Å²) in [6.45, 7) is 1.14. The minimum Gasteiger partial charge on any atom is -0.464 e. The lowest BCUT2D eigenvalue weighted by Gasteiger charge is -2.20. The molecule has 16 heteroatoms. The molecule has 0 saturated carbocycles. The third-order valence-electron chi connectivity index (χ3n) is 5.52. The Balaban J connectivity index is 1.52. The predicted octanol–water partition coefficient (Wildman–Crippen LogP) is 0.794. The van der Waals surface area contributed by atoms with Crippen molar-refractivity contribution in [3.63, 3.8) is 0 Å². The molecule has 5 unspecified atom stereocenters. The number of ether oxygens (including phenoxy) is 3. The minimum absolute atomic E-state index is 0.100. The van der Waals surface area contributed by atoms with E-state index in [9.17, 15) is 29.4 Å². The number of carbonyl (C=O) groups is 1. The monoisotopic (exact) mass is 557 g/mol. The lowest BCUT2D eigenvalue weighted by molar-refractivity contribution is -0.155. The van der Waals surface area contributed by atoms with Crippen molar-refractivity contribution in [3.05, 3.63) is 47.5 Å². The fraction of sp³-hybridized carbons (Fsp3) is 0.429. The number of aliphatic hydroxyl groups is 2. The Morgan fingerprint density at radius 1 is 1.24 bits per heavy atom. The van der Waals surface area contributed by atoms with Crippen LogP contribution in [0.3, 0.4) is 0 Å². The molecule has 0 aliphatic carbocycles. The Labute approximate surface area is 215 Å². The number of hydrogen-bond acceptors (Lipinski definition) is 11. The van der Waals surface area contributed by atoms with Gasteiger partial charge >= 0.3 is 13.6 Å². The minimum atomic E-state index is -5.04. The van der Waals surface area contributed by atoms with Gasteiger partial charge in [-0.25, -0.2) is 9.78 Å². The highest BCUT2D eigenvalue weighted by Gasteiger charge is 2.46. The van der Waals surface area contributed by atoms with Crippen LogP contribution >= 0.6 is 19.2 Å². The number of hydrogen-bond donors (Lipinski definition) is 5. The molecule has 1 aliphatic heterocycles. The zero-order valence-electron chi connectivity index (χ0n) is 19.4. The van der Waals surface area contributed by atoms with Crippen LogP contribution in [0, 0.1) is 0 Å².